The van der Waals surface area contributed by atoms with Gasteiger partial charge in [-0.3, -0.25) is 4.79 Å². The summed E-state index contributed by atoms with van der Waals surface area (Å²) in [5, 5.41) is 24.0. The molecule has 3 N–H and O–H groups in total. The minimum Gasteiger partial charge on any atom is -0.508 e. The summed E-state index contributed by atoms with van der Waals surface area (Å²) in [6, 6.07) is 9.97. The average molecular weight is 455 g/mol. The molecule has 0 amide bonds. The lowest BCUT2D eigenvalue weighted by Gasteiger charge is -2.22. The molecule has 0 fully saturated rings. The van der Waals surface area contributed by atoms with Gasteiger partial charge in [-0.15, -0.1) is 0 Å². The normalized spacial score (nSPS) is 13.0. The minimum absolute atomic E-state index is 0.0564. The van der Waals surface area contributed by atoms with Crippen molar-refractivity contribution < 1.29 is 19.7 Å². The quantitative estimate of drug-likeness (QED) is 0.471. The van der Waals surface area contributed by atoms with Gasteiger partial charge in [0.1, 0.15) is 12.3 Å². The molecule has 0 saturated heterocycles. The molecule has 0 aliphatic rings. The Bertz CT molecular complexity index is 823. The van der Waals surface area contributed by atoms with Crippen molar-refractivity contribution in [2.45, 2.75) is 32.4 Å². The summed E-state index contributed by atoms with van der Waals surface area (Å²) in [5.41, 5.74) is 2.25. The number of ether oxygens (including phenoxy) is 1. The highest BCUT2D eigenvalue weighted by Gasteiger charge is 2.18. The lowest BCUT2D eigenvalue weighted by molar-refractivity contribution is -0.141. The molecule has 0 aliphatic carbocycles. The number of rotatable bonds is 10. The number of carbonyl (C=O) groups excluding carboxylic acids is 1. The van der Waals surface area contributed by atoms with E-state index < -0.39 is 6.10 Å². The molecule has 0 heterocycles. The third-order valence-corrected chi connectivity index (χ3v) is 5.29. The van der Waals surface area contributed by atoms with Crippen LogP contribution in [0.3, 0.4) is 0 Å². The number of aromatic hydroxyl groups is 1. The van der Waals surface area contributed by atoms with Crippen LogP contribution in [0.25, 0.3) is 0 Å². The molecule has 0 bridgehead atoms. The van der Waals surface area contributed by atoms with E-state index in [1.54, 1.807) is 43.1 Å². The molecule has 8 heteroatoms. The Kier molecular flexibility index (Phi) is 9.24. The Hall–Kier alpha value is -1.99. The van der Waals surface area contributed by atoms with Crippen LogP contribution >= 0.6 is 23.2 Å². The summed E-state index contributed by atoms with van der Waals surface area (Å²) in [5.74, 6) is -0.182. The van der Waals surface area contributed by atoms with Gasteiger partial charge in [0, 0.05) is 13.1 Å². The molecular weight excluding hydrogens is 427 g/mol. The van der Waals surface area contributed by atoms with Gasteiger partial charge in [-0.25, -0.2) is 0 Å². The molecule has 2 aromatic carbocycles. The number of nitrogens with zero attached hydrogens (tertiary/aromatic N) is 1. The third kappa shape index (κ3) is 6.77. The second-order valence-corrected chi connectivity index (χ2v) is 7.91. The van der Waals surface area contributed by atoms with Crippen molar-refractivity contribution in [3.8, 4) is 5.75 Å². The van der Waals surface area contributed by atoms with Gasteiger partial charge in [0.2, 0.25) is 0 Å². The summed E-state index contributed by atoms with van der Waals surface area (Å²) < 4.78 is 4.96. The van der Waals surface area contributed by atoms with Gasteiger partial charge in [0.15, 0.2) is 0 Å². The van der Waals surface area contributed by atoms with Crippen molar-refractivity contribution in [1.82, 2.24) is 5.32 Å². The molecule has 0 saturated carbocycles. The van der Waals surface area contributed by atoms with E-state index in [-0.39, 0.29) is 24.3 Å². The molecule has 30 heavy (non-hydrogen) atoms. The molecule has 6 nitrogen and oxygen atoms in total. The maximum Gasteiger partial charge on any atom is 0.325 e. The number of phenolic OH excluding ortho intramolecular Hbond substituents is 1. The number of esters is 1. The van der Waals surface area contributed by atoms with E-state index in [0.29, 0.717) is 35.3 Å². The first-order valence-electron chi connectivity index (χ1n) is 9.78. The van der Waals surface area contributed by atoms with E-state index >= 15 is 0 Å². The van der Waals surface area contributed by atoms with Crippen LogP contribution in [0.2, 0.25) is 10.0 Å². The number of carbonyl (C=O) groups is 1. The largest absolute Gasteiger partial charge is 0.508 e. The van der Waals surface area contributed by atoms with Crippen LogP contribution in [-0.2, 0) is 16.0 Å². The second kappa shape index (κ2) is 11.4. The lowest BCUT2D eigenvalue weighted by atomic mass is 10.0. The third-order valence-electron chi connectivity index (χ3n) is 4.72. The summed E-state index contributed by atoms with van der Waals surface area (Å²) in [6.45, 7) is 4.64. The van der Waals surface area contributed by atoms with Crippen LogP contribution in [0.15, 0.2) is 36.4 Å². The number of anilines is 1. The van der Waals surface area contributed by atoms with Crippen molar-refractivity contribution in [2.24, 2.45) is 0 Å². The second-order valence-electron chi connectivity index (χ2n) is 7.10. The van der Waals surface area contributed by atoms with Gasteiger partial charge < -0.3 is 25.2 Å². The predicted octanol–water partition coefficient (Wildman–Crippen LogP) is 3.95. The van der Waals surface area contributed by atoms with Crippen molar-refractivity contribution in [2.75, 3.05) is 31.6 Å². The Labute approximate surface area is 187 Å². The highest BCUT2D eigenvalue weighted by Crippen LogP contribution is 2.34. The number of phenols is 1. The fourth-order valence-corrected chi connectivity index (χ4v) is 3.94. The van der Waals surface area contributed by atoms with E-state index in [2.05, 4.69) is 5.32 Å². The van der Waals surface area contributed by atoms with Crippen LogP contribution in [0, 0.1) is 0 Å². The molecule has 2 atom stereocenters. The fourth-order valence-electron chi connectivity index (χ4n) is 3.12. The van der Waals surface area contributed by atoms with Crippen molar-refractivity contribution in [3.05, 3.63) is 57.6 Å². The van der Waals surface area contributed by atoms with E-state index in [1.807, 2.05) is 19.1 Å². The summed E-state index contributed by atoms with van der Waals surface area (Å²) in [6.07, 6.45) is -0.0369. The maximum absolute atomic E-state index is 11.7. The fraction of sp³-hybridized carbons (Fsp3) is 0.409. The van der Waals surface area contributed by atoms with Gasteiger partial charge >= 0.3 is 5.97 Å². The first kappa shape index (κ1) is 24.3. The van der Waals surface area contributed by atoms with Crippen LogP contribution < -0.4 is 10.2 Å². The van der Waals surface area contributed by atoms with Crippen molar-refractivity contribution >= 4 is 34.9 Å². The smallest absolute Gasteiger partial charge is 0.325 e. The molecule has 0 unspecified atom stereocenters. The lowest BCUT2D eigenvalue weighted by Crippen LogP contribution is -2.33. The van der Waals surface area contributed by atoms with E-state index in [0.717, 1.165) is 11.1 Å². The maximum atomic E-state index is 11.7. The number of aliphatic hydroxyl groups excluding tert-OH is 1. The topological polar surface area (TPSA) is 82.0 Å². The monoisotopic (exact) mass is 454 g/mol. The van der Waals surface area contributed by atoms with Crippen molar-refractivity contribution in [3.63, 3.8) is 0 Å². The molecule has 0 spiro atoms. The number of aliphatic hydroxyl groups is 1. The van der Waals surface area contributed by atoms with Gasteiger partial charge in [-0.05, 0) is 62.2 Å². The zero-order valence-electron chi connectivity index (χ0n) is 17.4. The molecular formula is C22H28Cl2N2O4. The van der Waals surface area contributed by atoms with E-state index in [4.69, 9.17) is 27.9 Å². The zero-order valence-corrected chi connectivity index (χ0v) is 18.9. The average Bonchev–Trinajstić information content (AvgIpc) is 2.67. The Balaban J connectivity index is 1.94. The first-order chi connectivity index (χ1) is 14.2. The first-order valence-corrected chi connectivity index (χ1v) is 10.5. The molecule has 0 aromatic heterocycles. The highest BCUT2D eigenvalue weighted by molar-refractivity contribution is 6.39. The van der Waals surface area contributed by atoms with Gasteiger partial charge in [0.25, 0.3) is 0 Å². The summed E-state index contributed by atoms with van der Waals surface area (Å²) >= 11 is 12.8. The minimum atomic E-state index is -0.698. The molecule has 0 radical (unpaired) electrons. The Morgan fingerprint density at radius 2 is 1.80 bits per heavy atom. The number of benzene rings is 2. The number of hydrogen-bond donors (Lipinski definition) is 3. The molecule has 2 rings (SSSR count). The SMILES string of the molecule is CCOC(=O)CN(C)c1c(Cl)cc(CCN[C@@H](C)[C@H](O)c2ccc(O)cc2)cc1Cl. The predicted molar refractivity (Wildman–Crippen MR) is 121 cm³/mol. The van der Waals surface area contributed by atoms with Crippen LogP contribution in [0.4, 0.5) is 5.69 Å². The van der Waals surface area contributed by atoms with Gasteiger partial charge in [0.05, 0.1) is 28.4 Å². The highest BCUT2D eigenvalue weighted by atomic mass is 35.5. The summed E-state index contributed by atoms with van der Waals surface area (Å²) in [7, 11) is 1.73. The van der Waals surface area contributed by atoms with Crippen molar-refractivity contribution in [1.29, 1.82) is 0 Å². The van der Waals surface area contributed by atoms with Crippen LogP contribution in [0.5, 0.6) is 5.75 Å². The molecule has 2 aromatic rings. The van der Waals surface area contributed by atoms with Crippen LogP contribution in [0.1, 0.15) is 31.1 Å². The summed E-state index contributed by atoms with van der Waals surface area (Å²) in [4.78, 5) is 13.4. The van der Waals surface area contributed by atoms with E-state index in [9.17, 15) is 15.0 Å². The number of nitrogens with one attached hydrogen (secondary N) is 1. The van der Waals surface area contributed by atoms with E-state index in [1.165, 1.54) is 0 Å². The number of likely N-dealkylation sites (N-methyl/N-ethyl adjacent to an activating group) is 1. The number of halogens is 2. The zero-order chi connectivity index (χ0) is 22.3. The standard InChI is InChI=1S/C22H28Cl2N2O4/c1-4-30-20(28)13-26(3)21-18(23)11-15(12-19(21)24)9-10-25-14(2)22(29)16-5-7-17(27)8-6-16/h5-8,11-12,14,22,25,27,29H,4,9-10,13H2,1-3H3/t14-,22-/m0/s1. The Morgan fingerprint density at radius 3 is 2.37 bits per heavy atom. The van der Waals surface area contributed by atoms with Gasteiger partial charge in [-0.2, -0.15) is 0 Å². The van der Waals surface area contributed by atoms with Gasteiger partial charge in [-0.1, -0.05) is 35.3 Å². The molecule has 164 valence electrons. The Morgan fingerprint density at radius 1 is 1.20 bits per heavy atom. The van der Waals surface area contributed by atoms with Crippen LogP contribution in [-0.4, -0.2) is 49.0 Å². The molecule has 0 aliphatic heterocycles. The number of hydrogen-bond acceptors (Lipinski definition) is 6.